The van der Waals surface area contributed by atoms with E-state index in [4.69, 9.17) is 9.97 Å². The zero-order valence-corrected chi connectivity index (χ0v) is 39.8. The number of nitrogens with zero attached hydrogens (tertiary/aromatic N) is 4. The molecule has 0 amide bonds. The van der Waals surface area contributed by atoms with E-state index in [0.717, 1.165) is 60.8 Å². The monoisotopic (exact) mass is 870 g/mol. The van der Waals surface area contributed by atoms with E-state index in [0.29, 0.717) is 5.82 Å². The van der Waals surface area contributed by atoms with Crippen LogP contribution in [0, 0.1) is 0 Å². The van der Waals surface area contributed by atoms with Gasteiger partial charge in [-0.05, 0) is 85.6 Å². The fraction of sp³-hybridized carbons (Fsp3) is 0.119. The first-order chi connectivity index (χ1) is 31.5. The maximum absolute atomic E-state index is 5.35. The fourth-order valence-corrected chi connectivity index (χ4v) is 12.4. The molecule has 11 rings (SSSR count). The molecule has 3 aromatic heterocycles. The van der Waals surface area contributed by atoms with Crippen molar-refractivity contribution in [3.05, 3.63) is 217 Å². The molecule has 0 fully saturated rings. The van der Waals surface area contributed by atoms with E-state index in [-0.39, 0.29) is 0 Å². The fourth-order valence-electron chi connectivity index (χ4n) is 10.0. The van der Waals surface area contributed by atoms with Crippen molar-refractivity contribution in [3.63, 3.8) is 0 Å². The molecule has 0 saturated carbocycles. The summed E-state index contributed by atoms with van der Waals surface area (Å²) in [4.78, 5) is 19.6. The van der Waals surface area contributed by atoms with Crippen LogP contribution in [0.4, 0.5) is 0 Å². The SMILES string of the molecule is C[Si](C)(C)c1ccc(C2(c3ccc([Si](C)(C)C)cc3)c3ccccc3-c3ccc(-c4cccc(-c5cc(-c6cccc7ccncc67)nc(-c6cccc7ccncc67)n5)c4)cc32)cc1. The molecule has 0 aliphatic heterocycles. The van der Waals surface area contributed by atoms with Crippen molar-refractivity contribution in [1.82, 2.24) is 19.9 Å². The van der Waals surface area contributed by atoms with Gasteiger partial charge in [-0.25, -0.2) is 9.97 Å². The van der Waals surface area contributed by atoms with Crippen molar-refractivity contribution in [2.75, 3.05) is 0 Å². The molecule has 314 valence electrons. The number of hydrogen-bond donors (Lipinski definition) is 0. The molecule has 0 radical (unpaired) electrons. The molecular weight excluding hydrogens is 821 g/mol. The first-order valence-electron chi connectivity index (χ1n) is 22.6. The van der Waals surface area contributed by atoms with Crippen LogP contribution in [-0.4, -0.2) is 36.1 Å². The predicted octanol–water partition coefficient (Wildman–Crippen LogP) is 13.7. The molecular formula is C59H50N4Si2. The van der Waals surface area contributed by atoms with Crippen LogP contribution in [0.3, 0.4) is 0 Å². The van der Waals surface area contributed by atoms with Crippen LogP contribution in [0.5, 0.6) is 0 Å². The zero-order valence-electron chi connectivity index (χ0n) is 37.8. The van der Waals surface area contributed by atoms with Gasteiger partial charge in [-0.2, -0.15) is 0 Å². The normalized spacial score (nSPS) is 13.2. The quantitative estimate of drug-likeness (QED) is 0.143. The van der Waals surface area contributed by atoms with E-state index in [1.54, 1.807) is 0 Å². The van der Waals surface area contributed by atoms with E-state index in [9.17, 15) is 0 Å². The van der Waals surface area contributed by atoms with E-state index < -0.39 is 21.6 Å². The number of aromatic nitrogens is 4. The first-order valence-corrected chi connectivity index (χ1v) is 29.6. The third kappa shape index (κ3) is 6.96. The number of benzene rings is 7. The Hall–Kier alpha value is -7.13. The Kier molecular flexibility index (Phi) is 9.72. The zero-order chi connectivity index (χ0) is 44.5. The topological polar surface area (TPSA) is 51.6 Å². The second kappa shape index (κ2) is 15.5. The molecule has 0 atom stereocenters. The van der Waals surface area contributed by atoms with Crippen molar-refractivity contribution < 1.29 is 0 Å². The van der Waals surface area contributed by atoms with Gasteiger partial charge in [0, 0.05) is 52.3 Å². The van der Waals surface area contributed by atoms with Gasteiger partial charge in [-0.3, -0.25) is 9.97 Å². The Morgan fingerprint density at radius 2 is 0.908 bits per heavy atom. The lowest BCUT2D eigenvalue weighted by atomic mass is 9.67. The summed E-state index contributed by atoms with van der Waals surface area (Å²) in [5, 5.41) is 7.20. The van der Waals surface area contributed by atoms with Crippen molar-refractivity contribution >= 4 is 48.1 Å². The summed E-state index contributed by atoms with van der Waals surface area (Å²) in [6.45, 7) is 14.6. The molecule has 1 aliphatic carbocycles. The summed E-state index contributed by atoms with van der Waals surface area (Å²) in [5.41, 5.74) is 14.3. The molecule has 0 spiro atoms. The summed E-state index contributed by atoms with van der Waals surface area (Å²) in [7, 11) is -3.08. The van der Waals surface area contributed by atoms with Crippen LogP contribution < -0.4 is 10.4 Å². The van der Waals surface area contributed by atoms with Crippen LogP contribution in [0.1, 0.15) is 22.3 Å². The van der Waals surface area contributed by atoms with Gasteiger partial charge in [0.15, 0.2) is 5.82 Å². The molecule has 7 aromatic carbocycles. The highest BCUT2D eigenvalue weighted by atomic mass is 28.3. The van der Waals surface area contributed by atoms with E-state index in [1.807, 2.05) is 30.9 Å². The van der Waals surface area contributed by atoms with Gasteiger partial charge in [-0.1, -0.05) is 189 Å². The molecule has 4 nitrogen and oxygen atoms in total. The number of fused-ring (bicyclic) bond motifs is 5. The third-order valence-corrected chi connectivity index (χ3v) is 17.6. The van der Waals surface area contributed by atoms with E-state index in [2.05, 4.69) is 213 Å². The van der Waals surface area contributed by atoms with Crippen molar-refractivity contribution in [2.24, 2.45) is 0 Å². The van der Waals surface area contributed by atoms with Crippen LogP contribution in [-0.2, 0) is 5.41 Å². The maximum Gasteiger partial charge on any atom is 0.161 e. The van der Waals surface area contributed by atoms with Crippen LogP contribution >= 0.6 is 0 Å². The van der Waals surface area contributed by atoms with Crippen LogP contribution in [0.25, 0.3) is 77.7 Å². The summed E-state index contributed by atoms with van der Waals surface area (Å²) in [6.07, 6.45) is 7.52. The lowest BCUT2D eigenvalue weighted by Gasteiger charge is -2.35. The number of hydrogen-bond acceptors (Lipinski definition) is 4. The minimum absolute atomic E-state index is 0.507. The van der Waals surface area contributed by atoms with Crippen molar-refractivity contribution in [3.8, 4) is 56.2 Å². The van der Waals surface area contributed by atoms with E-state index in [1.165, 1.54) is 43.8 Å². The van der Waals surface area contributed by atoms with Gasteiger partial charge in [0.25, 0.3) is 0 Å². The average Bonchev–Trinajstić information content (AvgIpc) is 3.63. The smallest absolute Gasteiger partial charge is 0.161 e. The summed E-state index contributed by atoms with van der Waals surface area (Å²) >= 11 is 0. The Bertz CT molecular complexity index is 3290. The molecule has 1 aliphatic rings. The van der Waals surface area contributed by atoms with E-state index >= 15 is 0 Å². The minimum Gasteiger partial charge on any atom is -0.264 e. The first kappa shape index (κ1) is 40.6. The van der Waals surface area contributed by atoms with Crippen molar-refractivity contribution in [2.45, 2.75) is 44.7 Å². The van der Waals surface area contributed by atoms with Gasteiger partial charge >= 0.3 is 0 Å². The summed E-state index contributed by atoms with van der Waals surface area (Å²) in [5.74, 6) is 0.655. The second-order valence-electron chi connectivity index (χ2n) is 19.6. The molecule has 65 heavy (non-hydrogen) atoms. The minimum atomic E-state index is -1.54. The Labute approximate surface area is 383 Å². The second-order valence-corrected chi connectivity index (χ2v) is 29.7. The lowest BCUT2D eigenvalue weighted by Crippen LogP contribution is -2.39. The average molecular weight is 871 g/mol. The highest BCUT2D eigenvalue weighted by molar-refractivity contribution is 6.89. The van der Waals surface area contributed by atoms with Gasteiger partial charge in [-0.15, -0.1) is 0 Å². The van der Waals surface area contributed by atoms with Crippen molar-refractivity contribution in [1.29, 1.82) is 0 Å². The van der Waals surface area contributed by atoms with Crippen LogP contribution in [0.2, 0.25) is 39.3 Å². The van der Waals surface area contributed by atoms with Gasteiger partial charge in [0.2, 0.25) is 0 Å². The molecule has 0 unspecified atom stereocenters. The van der Waals surface area contributed by atoms with Gasteiger partial charge in [0.05, 0.1) is 33.0 Å². The summed E-state index contributed by atoms with van der Waals surface area (Å²) in [6, 6.07) is 63.2. The Morgan fingerprint density at radius 1 is 0.385 bits per heavy atom. The molecule has 6 heteroatoms. The Balaban J connectivity index is 1.10. The molecule has 3 heterocycles. The molecule has 0 N–H and O–H groups in total. The lowest BCUT2D eigenvalue weighted by molar-refractivity contribution is 0.769. The highest BCUT2D eigenvalue weighted by Gasteiger charge is 2.46. The molecule has 0 bridgehead atoms. The standard InChI is InChI=1S/C59H50N4Si2/c1-64(2,3)46-25-21-44(22-26-46)59(45-23-27-47(28-24-45)65(4,5)6)54-19-8-7-16-48(54)49-29-20-42(35-55(49)59)41-14-9-15-43(34-41)56-36-57(50-17-10-12-39-30-32-60-37-52(39)50)63-58(62-56)51-18-11-13-40-31-33-61-38-53(40)51/h7-38H,1-6H3. The number of rotatable bonds is 8. The largest absolute Gasteiger partial charge is 0.264 e. The third-order valence-electron chi connectivity index (χ3n) is 13.5. The molecule has 0 saturated heterocycles. The number of pyridine rings is 2. The van der Waals surface area contributed by atoms with Gasteiger partial charge in [0.1, 0.15) is 0 Å². The molecule has 10 aromatic rings. The predicted molar refractivity (Wildman–Crippen MR) is 278 cm³/mol. The summed E-state index contributed by atoms with van der Waals surface area (Å²) < 4.78 is 0. The maximum atomic E-state index is 5.35. The highest BCUT2D eigenvalue weighted by Crippen LogP contribution is 2.56. The van der Waals surface area contributed by atoms with Crippen LogP contribution in [0.15, 0.2) is 195 Å². The Morgan fingerprint density at radius 3 is 1.55 bits per heavy atom. The van der Waals surface area contributed by atoms with Gasteiger partial charge < -0.3 is 0 Å².